The fraction of sp³-hybridized carbons (Fsp3) is 0.677. The van der Waals surface area contributed by atoms with Crippen molar-refractivity contribution < 1.29 is 82.1 Å². The van der Waals surface area contributed by atoms with Crippen molar-refractivity contribution in [3.63, 3.8) is 0 Å². The topological polar surface area (TPSA) is 622 Å². The number of unbranched alkanes of at least 4 members (excludes halogenated alkanes) is 12. The highest BCUT2D eigenvalue weighted by Crippen LogP contribution is 2.27. The van der Waals surface area contributed by atoms with Crippen LogP contribution in [-0.4, -0.2) is 202 Å². The number of hydrogen-bond acceptors (Lipinski definition) is 22. The Bertz CT molecular complexity index is 4360. The number of aliphatic hydroxyl groups is 1. The number of carbonyl (C=O) groups excluding carboxylic acids is 15. The number of Topliss-reactive ketones (excluding diaryl/α,β-unsaturated/α-hetero) is 7. The largest absolute Gasteiger partial charge is 0.508 e. The second-order valence-corrected chi connectivity index (χ2v) is 37.9. The molecule has 37 nitrogen and oxygen atoms in total. The van der Waals surface area contributed by atoms with Gasteiger partial charge in [-0.2, -0.15) is 0 Å². The molecule has 4 rings (SSSR count). The molecule has 37 heteroatoms. The SMILES string of the molecule is CCCCCCCCCCCCCCCC(=O)N[C@@H](Cc1cnc[nH]1)C(=O)C[C@@H](C)C(=O)N[C@H](C(=O)C[C@@H](Cc1cnc[nH]1)C(=O)N[C@@H](C)C(C)=O)C(C)C.CC[C@@H](Cc1ccc(O)cc1)C(=O)N[C@@H](C)C(=O)C[C@@H](Cc1cnc[nH]1)C(=O)N[C@@H](CCCN=C(N)N)C(=O)C[C@@H](CCCN=C(N)N)C(=O)N[C@@H](CC(C)C)C(=O)C[C@@H](CC(C)C)C(=O)N[C@@H](CO)C(=O)C[C@H](C(N)=O)[C@@H](C)CC. The summed E-state index contributed by atoms with van der Waals surface area (Å²) in [6.07, 6.45) is 26.1. The third-order valence-electron chi connectivity index (χ3n) is 24.7. The number of primary amides is 1. The molecule has 0 aliphatic carbocycles. The Kier molecular flexibility index (Phi) is 57.1. The quantitative estimate of drug-likeness (QED) is 0.0112. The number of aliphatic imine (C=N–C) groups is 2. The average molecular weight is 1900 g/mol. The number of nitrogens with zero attached hydrogens (tertiary/aromatic N) is 5. The number of nitrogens with one attached hydrogen (secondary N) is 10. The van der Waals surface area contributed by atoms with E-state index in [1.165, 1.54) is 115 Å². The first kappa shape index (κ1) is 119. The number of aliphatic hydroxyl groups excluding tert-OH is 1. The van der Waals surface area contributed by atoms with Crippen LogP contribution in [0.2, 0.25) is 0 Å². The van der Waals surface area contributed by atoms with Crippen LogP contribution in [0.3, 0.4) is 0 Å². The number of phenols is 1. The van der Waals surface area contributed by atoms with Gasteiger partial charge in [0.05, 0.1) is 73.7 Å². The van der Waals surface area contributed by atoms with Crippen molar-refractivity contribution >= 4 is 99.7 Å². The monoisotopic (exact) mass is 1900 g/mol. The van der Waals surface area contributed by atoms with Crippen LogP contribution in [0, 0.1) is 65.1 Å². The van der Waals surface area contributed by atoms with Crippen molar-refractivity contribution in [2.45, 2.75) is 345 Å². The van der Waals surface area contributed by atoms with E-state index in [-0.39, 0.29) is 173 Å². The van der Waals surface area contributed by atoms with E-state index < -0.39 is 155 Å². The lowest BCUT2D eigenvalue weighted by molar-refractivity contribution is -0.136. The molecule has 0 unspecified atom stereocenters. The standard InChI is InChI=1S/C57H93N13O11.C42H69N7O6/c1-9-34(7)43(51(58)77)28-50(76)46(30-71)70-54(80)39(21-32(3)4)27-49(75)45(22-33(5)6)69-53(79)38(13-11-19-64-56(59)60)25-48(74)44(14-12-20-65-57(61)62)68-55(81)40(24-41-29-63-31-66-41)26-47(73)35(8)67-52(78)37(10-2)23-36-15-17-42(72)18-16-36;1-7-8-9-10-11-12-13-14-15-16-17-18-19-20-39(53)48-36(24-35-26-44-28-46-35)37(51)21-30(4)41(54)49-40(29(2)3)38(52)23-33(22-34-25-43-27-45-34)42(55)47-31(5)32(6)50/h15-18,29,31-35,37-40,43-46,71-72H,9-14,19-28,30H2,1-8H3,(H2,58,77)(H,63,66)(H,67,78)(H,68,81)(H,69,79)(H,70,80)(H4,59,60,64)(H4,61,62,65);25-31,33,36,40H,7-24H2,1-6H3,(H,43,45)(H,44,46)(H,47,55)(H,48,53)(H,49,54)/t34-,35-,37-,38+,39+,40+,43-,44-,45-,46-;30-,31+,33-,36+,40+/m01/s1. The number of rotatable bonds is 72. The summed E-state index contributed by atoms with van der Waals surface area (Å²) in [5.74, 6) is -14.2. The number of guanidine groups is 2. The zero-order valence-electron chi connectivity index (χ0n) is 83.1. The summed E-state index contributed by atoms with van der Waals surface area (Å²) in [7, 11) is 0. The van der Waals surface area contributed by atoms with Crippen molar-refractivity contribution in [2.24, 2.45) is 104 Å². The Morgan fingerprint density at radius 2 is 0.838 bits per heavy atom. The van der Waals surface area contributed by atoms with Gasteiger partial charge in [-0.1, -0.05) is 172 Å². The summed E-state index contributed by atoms with van der Waals surface area (Å²) in [5, 5.41) is 39.4. The highest BCUT2D eigenvalue weighted by atomic mass is 16.3. The van der Waals surface area contributed by atoms with Gasteiger partial charge in [0.25, 0.3) is 0 Å². The molecule has 760 valence electrons. The molecule has 3 heterocycles. The molecular weight excluding hydrogens is 1740 g/mol. The van der Waals surface area contributed by atoms with E-state index in [4.69, 9.17) is 28.7 Å². The smallest absolute Gasteiger partial charge is 0.224 e. The van der Waals surface area contributed by atoms with Gasteiger partial charge < -0.3 is 91.1 Å². The average Bonchev–Trinajstić information content (AvgIpc) is 1.20. The molecule has 136 heavy (non-hydrogen) atoms. The van der Waals surface area contributed by atoms with Crippen LogP contribution < -0.4 is 65.9 Å². The van der Waals surface area contributed by atoms with Crippen LogP contribution in [-0.2, 0) is 97.6 Å². The molecule has 0 saturated carbocycles. The third-order valence-corrected chi connectivity index (χ3v) is 24.7. The van der Waals surface area contributed by atoms with Gasteiger partial charge in [0, 0.05) is 143 Å². The second kappa shape index (κ2) is 65.4. The number of imidazole rings is 3. The normalized spacial score (nSPS) is 14.7. The first-order chi connectivity index (χ1) is 64.5. The minimum absolute atomic E-state index is 0.00225. The fourth-order valence-corrected chi connectivity index (χ4v) is 16.1. The molecule has 0 aliphatic heterocycles. The number of carbonyl (C=O) groups is 15. The lowest BCUT2D eigenvalue weighted by atomic mass is 9.85. The molecule has 0 spiro atoms. The highest BCUT2D eigenvalue weighted by molar-refractivity contribution is 6.00. The molecular formula is C99H162N20O17. The molecule has 22 N–H and O–H groups in total. The van der Waals surface area contributed by atoms with Crippen LogP contribution in [0.25, 0.3) is 0 Å². The molecule has 0 saturated heterocycles. The molecule has 0 fully saturated rings. The van der Waals surface area contributed by atoms with Gasteiger partial charge in [-0.15, -0.1) is 0 Å². The Hall–Kier alpha value is -11.4. The highest BCUT2D eigenvalue weighted by Gasteiger charge is 2.39. The maximum atomic E-state index is 14.6. The summed E-state index contributed by atoms with van der Waals surface area (Å²) < 4.78 is 0. The van der Waals surface area contributed by atoms with Crippen LogP contribution in [0.5, 0.6) is 5.75 Å². The van der Waals surface area contributed by atoms with Crippen molar-refractivity contribution in [1.29, 1.82) is 0 Å². The molecule has 0 bridgehead atoms. The van der Waals surface area contributed by atoms with Gasteiger partial charge >= 0.3 is 0 Å². The van der Waals surface area contributed by atoms with Gasteiger partial charge in [0.1, 0.15) is 11.8 Å². The van der Waals surface area contributed by atoms with Crippen molar-refractivity contribution in [2.75, 3.05) is 19.7 Å². The Labute approximate surface area is 803 Å². The van der Waals surface area contributed by atoms with Crippen LogP contribution >= 0.6 is 0 Å². The van der Waals surface area contributed by atoms with Crippen LogP contribution in [0.1, 0.15) is 299 Å². The molecule has 3 aromatic heterocycles. The number of aromatic amines is 3. The van der Waals surface area contributed by atoms with Gasteiger partial charge in [-0.3, -0.25) is 81.9 Å². The molecule has 4 aromatic rings. The van der Waals surface area contributed by atoms with E-state index in [1.54, 1.807) is 59.1 Å². The summed E-state index contributed by atoms with van der Waals surface area (Å²) in [6, 6.07) is -0.699. The number of amides is 8. The van der Waals surface area contributed by atoms with Gasteiger partial charge in [-0.25, -0.2) is 15.0 Å². The van der Waals surface area contributed by atoms with Gasteiger partial charge in [-0.05, 0) is 120 Å². The second-order valence-electron chi connectivity index (χ2n) is 37.9. The zero-order chi connectivity index (χ0) is 102. The van der Waals surface area contributed by atoms with Gasteiger partial charge in [0.2, 0.25) is 47.3 Å². The van der Waals surface area contributed by atoms with E-state index in [9.17, 15) is 82.1 Å². The minimum Gasteiger partial charge on any atom is -0.508 e. The number of ketones is 7. The Morgan fingerprint density at radius 3 is 1.32 bits per heavy atom. The number of phenolic OH excluding ortho intramolecular Hbond substituents is 1. The summed E-state index contributed by atoms with van der Waals surface area (Å²) >= 11 is 0. The minimum atomic E-state index is -1.37. The number of aromatic hydroxyl groups is 1. The maximum Gasteiger partial charge on any atom is 0.224 e. The Morgan fingerprint density at radius 1 is 0.404 bits per heavy atom. The molecule has 1 aromatic carbocycles. The number of benzene rings is 1. The molecule has 15 atom stereocenters. The summed E-state index contributed by atoms with van der Waals surface area (Å²) in [6.45, 7) is 24.2. The van der Waals surface area contributed by atoms with Crippen LogP contribution in [0.4, 0.5) is 0 Å². The predicted molar refractivity (Wildman–Crippen MR) is 522 cm³/mol. The van der Waals surface area contributed by atoms with Crippen molar-refractivity contribution in [3.05, 3.63) is 84.5 Å². The number of nitrogens with two attached hydrogens (primary N) is 5. The van der Waals surface area contributed by atoms with E-state index in [1.807, 2.05) is 41.5 Å². The summed E-state index contributed by atoms with van der Waals surface area (Å²) in [4.78, 5) is 233. The molecule has 0 aliphatic rings. The fourth-order valence-electron chi connectivity index (χ4n) is 16.1. The van der Waals surface area contributed by atoms with Crippen molar-refractivity contribution in [3.8, 4) is 5.75 Å². The van der Waals surface area contributed by atoms with Crippen LogP contribution in [0.15, 0.2) is 71.8 Å². The lowest BCUT2D eigenvalue weighted by Crippen LogP contribution is -2.50. The molecule has 0 radical (unpaired) electrons. The number of aromatic nitrogens is 6. The number of H-pyrrole nitrogens is 3. The predicted octanol–water partition coefficient (Wildman–Crippen LogP) is 8.20. The van der Waals surface area contributed by atoms with E-state index >= 15 is 0 Å². The molecule has 8 amide bonds. The number of hydrogen-bond donors (Lipinski definition) is 17. The first-order valence-electron chi connectivity index (χ1n) is 49.0. The van der Waals surface area contributed by atoms with E-state index in [0.717, 1.165) is 24.8 Å². The van der Waals surface area contributed by atoms with Crippen molar-refractivity contribution in [1.82, 2.24) is 67.1 Å². The summed E-state index contributed by atoms with van der Waals surface area (Å²) in [5.41, 5.74) is 30.6. The van der Waals surface area contributed by atoms with E-state index in [0.29, 0.717) is 42.8 Å². The van der Waals surface area contributed by atoms with E-state index in [2.05, 4.69) is 84.0 Å². The maximum absolute atomic E-state index is 14.6. The Balaban J connectivity index is 0.000000753. The zero-order valence-corrected chi connectivity index (χ0v) is 83.1. The van der Waals surface area contributed by atoms with Gasteiger partial charge in [0.15, 0.2) is 52.4 Å². The first-order valence-corrected chi connectivity index (χ1v) is 49.0. The third kappa shape index (κ3) is 47.9. The lowest BCUT2D eigenvalue weighted by Gasteiger charge is -2.27.